The lowest BCUT2D eigenvalue weighted by atomic mass is 9.73. The number of benzene rings is 6. The summed E-state index contributed by atoms with van der Waals surface area (Å²) in [5.41, 5.74) is 11.0. The Hall–Kier alpha value is -6.10. The molecule has 1 aliphatic rings. The Morgan fingerprint density at radius 1 is 0.533 bits per heavy atom. The van der Waals surface area contributed by atoms with Crippen LogP contribution in [-0.4, -0.2) is 4.57 Å². The highest BCUT2D eigenvalue weighted by atomic mass is 15.2. The molecule has 4 nitrogen and oxygen atoms in total. The molecule has 0 radical (unpaired) electrons. The average Bonchev–Trinajstić information content (AvgIpc) is 3.42. The van der Waals surface area contributed by atoms with Gasteiger partial charge < -0.3 is 9.47 Å². The smallest absolute Gasteiger partial charge is 0.101 e. The van der Waals surface area contributed by atoms with Crippen LogP contribution in [0.25, 0.3) is 38.6 Å². The summed E-state index contributed by atoms with van der Waals surface area (Å²) in [6, 6.07) is 50.5. The van der Waals surface area contributed by atoms with Gasteiger partial charge in [-0.15, -0.1) is 0 Å². The van der Waals surface area contributed by atoms with Gasteiger partial charge in [0.05, 0.1) is 44.9 Å². The molecule has 0 fully saturated rings. The maximum absolute atomic E-state index is 10.4. The molecule has 2 heterocycles. The molecule has 4 heteroatoms. The molecule has 0 saturated carbocycles. The fourth-order valence-electron chi connectivity index (χ4n) is 7.18. The molecule has 0 spiro atoms. The highest BCUT2D eigenvalue weighted by Crippen LogP contribution is 2.52. The lowest BCUT2D eigenvalue weighted by molar-refractivity contribution is 0.632. The first-order valence-electron chi connectivity index (χ1n) is 15.1. The Balaban J connectivity index is 1.42. The lowest BCUT2D eigenvalue weighted by Crippen LogP contribution is -2.30. The molecule has 212 valence electrons. The zero-order chi connectivity index (χ0) is 30.7. The van der Waals surface area contributed by atoms with Crippen molar-refractivity contribution in [3.05, 3.63) is 156 Å². The van der Waals surface area contributed by atoms with Crippen molar-refractivity contribution >= 4 is 38.9 Å². The van der Waals surface area contributed by atoms with Gasteiger partial charge in [-0.3, -0.25) is 0 Å². The van der Waals surface area contributed by atoms with Crippen LogP contribution in [0.15, 0.2) is 133 Å². The van der Waals surface area contributed by atoms with Crippen molar-refractivity contribution in [1.82, 2.24) is 4.57 Å². The van der Waals surface area contributed by atoms with Crippen LogP contribution in [0.1, 0.15) is 36.1 Å². The van der Waals surface area contributed by atoms with Crippen LogP contribution in [0.3, 0.4) is 0 Å². The topological polar surface area (TPSA) is 55.8 Å². The van der Waals surface area contributed by atoms with E-state index in [0.29, 0.717) is 11.1 Å². The molecule has 6 aromatic carbocycles. The monoisotopic (exact) mass is 576 g/mol. The second-order valence-electron chi connectivity index (χ2n) is 12.0. The van der Waals surface area contributed by atoms with Gasteiger partial charge in [0.1, 0.15) is 12.1 Å². The third-order valence-electron chi connectivity index (χ3n) is 9.27. The van der Waals surface area contributed by atoms with E-state index in [-0.39, 0.29) is 5.41 Å². The first-order chi connectivity index (χ1) is 22.0. The molecule has 0 aliphatic carbocycles. The van der Waals surface area contributed by atoms with E-state index in [4.69, 9.17) is 0 Å². The van der Waals surface area contributed by atoms with Gasteiger partial charge in [0.2, 0.25) is 0 Å². The van der Waals surface area contributed by atoms with Gasteiger partial charge in [0.15, 0.2) is 0 Å². The summed E-state index contributed by atoms with van der Waals surface area (Å²) < 4.78 is 2.21. The van der Waals surface area contributed by atoms with E-state index in [1.807, 2.05) is 36.4 Å². The Bertz CT molecular complexity index is 2290. The third-order valence-corrected chi connectivity index (χ3v) is 9.27. The van der Waals surface area contributed by atoms with Crippen LogP contribution in [0, 0.1) is 22.7 Å². The number of aromatic nitrogens is 1. The third kappa shape index (κ3) is 3.83. The molecule has 1 aliphatic heterocycles. The number of nitrogens with zero attached hydrogens (tertiary/aromatic N) is 4. The zero-order valence-electron chi connectivity index (χ0n) is 25.0. The van der Waals surface area contributed by atoms with Gasteiger partial charge >= 0.3 is 0 Å². The van der Waals surface area contributed by atoms with Crippen molar-refractivity contribution in [1.29, 1.82) is 10.5 Å². The maximum atomic E-state index is 10.4. The maximum Gasteiger partial charge on any atom is 0.101 e. The molecular weight excluding hydrogens is 548 g/mol. The summed E-state index contributed by atoms with van der Waals surface area (Å²) in [4.78, 5) is 2.23. The highest BCUT2D eigenvalue weighted by Gasteiger charge is 2.37. The van der Waals surface area contributed by atoms with Crippen molar-refractivity contribution in [3.8, 4) is 29.0 Å². The van der Waals surface area contributed by atoms with Crippen molar-refractivity contribution in [2.45, 2.75) is 19.3 Å². The number of rotatable bonds is 3. The summed E-state index contributed by atoms with van der Waals surface area (Å²) in [6.07, 6.45) is 0. The van der Waals surface area contributed by atoms with Gasteiger partial charge in [-0.25, -0.2) is 0 Å². The molecule has 45 heavy (non-hydrogen) atoms. The second-order valence-corrected chi connectivity index (χ2v) is 12.0. The first-order valence-corrected chi connectivity index (χ1v) is 15.1. The molecule has 0 unspecified atom stereocenters. The fourth-order valence-corrected chi connectivity index (χ4v) is 7.18. The number of anilines is 3. The largest absolute Gasteiger partial charge is 0.309 e. The predicted octanol–water partition coefficient (Wildman–Crippen LogP) is 10.3. The van der Waals surface area contributed by atoms with Crippen LogP contribution < -0.4 is 4.90 Å². The van der Waals surface area contributed by atoms with Crippen molar-refractivity contribution in [2.24, 2.45) is 0 Å². The second kappa shape index (κ2) is 9.98. The molecule has 0 amide bonds. The molecule has 0 saturated heterocycles. The Morgan fingerprint density at radius 2 is 1.09 bits per heavy atom. The average molecular weight is 577 g/mol. The number of hydrogen-bond acceptors (Lipinski definition) is 3. The number of nitriles is 2. The molecule has 0 N–H and O–H groups in total. The van der Waals surface area contributed by atoms with Crippen LogP contribution in [-0.2, 0) is 5.41 Å². The van der Waals surface area contributed by atoms with E-state index in [1.54, 1.807) is 0 Å². The van der Waals surface area contributed by atoms with Gasteiger partial charge in [-0.1, -0.05) is 105 Å². The standard InChI is InChI=1S/C41H28N4/c1-41(2)33-16-5-9-20-37(33)44(38-21-10-6-17-34(38)41)39-24-27(22-23-28(39)25-42)30-15-11-12-29(26-43)40(30)45-35-18-7-3-13-31(35)32-14-4-8-19-36(32)45/h3-24H,1-2H3. The summed E-state index contributed by atoms with van der Waals surface area (Å²) in [7, 11) is 0. The molecule has 1 aromatic heterocycles. The van der Waals surface area contributed by atoms with Crippen molar-refractivity contribution < 1.29 is 0 Å². The minimum Gasteiger partial charge on any atom is -0.309 e. The number of hydrogen-bond donors (Lipinski definition) is 0. The molecular formula is C41H28N4. The SMILES string of the molecule is CC1(C)c2ccccc2N(c2cc(-c3cccc(C#N)c3-n3c4ccccc4c4ccccc43)ccc2C#N)c2ccccc21. The number of fused-ring (bicyclic) bond motifs is 5. The fraction of sp³-hybridized carbons (Fsp3) is 0.0732. The van der Waals surface area contributed by atoms with Gasteiger partial charge in [-0.2, -0.15) is 10.5 Å². The van der Waals surface area contributed by atoms with Crippen molar-refractivity contribution in [3.63, 3.8) is 0 Å². The normalized spacial score (nSPS) is 13.2. The van der Waals surface area contributed by atoms with E-state index >= 15 is 0 Å². The minimum absolute atomic E-state index is 0.209. The predicted molar refractivity (Wildman–Crippen MR) is 182 cm³/mol. The van der Waals surface area contributed by atoms with Crippen molar-refractivity contribution in [2.75, 3.05) is 4.90 Å². The molecule has 0 bridgehead atoms. The highest BCUT2D eigenvalue weighted by molar-refractivity contribution is 6.10. The van der Waals surface area contributed by atoms with E-state index in [2.05, 4.69) is 133 Å². The van der Waals surface area contributed by atoms with Crippen LogP contribution in [0.4, 0.5) is 17.1 Å². The van der Waals surface area contributed by atoms with Gasteiger partial charge in [-0.05, 0) is 59.2 Å². The summed E-state index contributed by atoms with van der Waals surface area (Å²) >= 11 is 0. The first kappa shape index (κ1) is 26.5. The Kier molecular flexibility index (Phi) is 5.88. The molecule has 7 aromatic rings. The Labute approximate surface area is 262 Å². The van der Waals surface area contributed by atoms with Gasteiger partial charge in [0, 0.05) is 21.8 Å². The Morgan fingerprint density at radius 3 is 1.69 bits per heavy atom. The van der Waals surface area contributed by atoms with E-state index in [1.165, 1.54) is 11.1 Å². The summed E-state index contributed by atoms with van der Waals surface area (Å²) in [6.45, 7) is 4.52. The lowest BCUT2D eigenvalue weighted by Gasteiger charge is -2.42. The quantitative estimate of drug-likeness (QED) is 0.210. The molecule has 0 atom stereocenters. The van der Waals surface area contributed by atoms with E-state index in [9.17, 15) is 10.5 Å². The van der Waals surface area contributed by atoms with Crippen LogP contribution >= 0.6 is 0 Å². The minimum atomic E-state index is -0.209. The molecule has 8 rings (SSSR count). The van der Waals surface area contributed by atoms with Crippen LogP contribution in [0.2, 0.25) is 0 Å². The van der Waals surface area contributed by atoms with E-state index < -0.39 is 0 Å². The van der Waals surface area contributed by atoms with Crippen LogP contribution in [0.5, 0.6) is 0 Å². The van der Waals surface area contributed by atoms with Gasteiger partial charge in [0.25, 0.3) is 0 Å². The summed E-state index contributed by atoms with van der Waals surface area (Å²) in [5.74, 6) is 0. The zero-order valence-corrected chi connectivity index (χ0v) is 25.0. The van der Waals surface area contributed by atoms with E-state index in [0.717, 1.165) is 55.7 Å². The summed E-state index contributed by atoms with van der Waals surface area (Å²) in [5, 5.41) is 23.1. The number of para-hydroxylation sites is 5.